The standard InChI is InChI=1S/C15H17N5O/c1-10(2)20-13-8-11(21)7-12-15(13,17-18-16-12)9-19-6-4-3-5-14(19)20/h3-5,7-8,10H,6,9H2,1-2H3,(H,16,17). The maximum atomic E-state index is 12.0. The van der Waals surface area contributed by atoms with E-state index in [4.69, 9.17) is 0 Å². The summed E-state index contributed by atoms with van der Waals surface area (Å²) in [5, 5.41) is 8.13. The van der Waals surface area contributed by atoms with Gasteiger partial charge in [0.1, 0.15) is 11.5 Å². The Balaban J connectivity index is 1.90. The summed E-state index contributed by atoms with van der Waals surface area (Å²) < 4.78 is 0. The van der Waals surface area contributed by atoms with Crippen LogP contribution in [-0.2, 0) is 4.79 Å². The van der Waals surface area contributed by atoms with E-state index in [2.05, 4.69) is 57.6 Å². The van der Waals surface area contributed by atoms with Crippen LogP contribution >= 0.6 is 0 Å². The number of ketones is 1. The fraction of sp³-hybridized carbons (Fsp3) is 0.400. The lowest BCUT2D eigenvalue weighted by Gasteiger charge is -2.52. The maximum Gasteiger partial charge on any atom is 0.182 e. The van der Waals surface area contributed by atoms with Crippen molar-refractivity contribution in [3.8, 4) is 0 Å². The maximum absolute atomic E-state index is 12.0. The molecule has 1 spiro atoms. The van der Waals surface area contributed by atoms with Crippen molar-refractivity contribution in [3.05, 3.63) is 47.6 Å². The number of rotatable bonds is 1. The molecule has 0 radical (unpaired) electrons. The summed E-state index contributed by atoms with van der Waals surface area (Å²) in [5.41, 5.74) is 4.31. The average Bonchev–Trinajstić information content (AvgIpc) is 2.84. The van der Waals surface area contributed by atoms with E-state index in [9.17, 15) is 4.79 Å². The lowest BCUT2D eigenvalue weighted by Crippen LogP contribution is -2.63. The number of carbonyl (C=O) groups is 1. The molecule has 4 aliphatic rings. The summed E-state index contributed by atoms with van der Waals surface area (Å²) in [7, 11) is 0. The molecule has 108 valence electrons. The highest BCUT2D eigenvalue weighted by Gasteiger charge is 2.53. The molecule has 6 heteroatoms. The SMILES string of the molecule is CC(C)N1C2=CC=CCN2CC23NN=NC2=CC(=O)C=C13. The second-order valence-electron chi connectivity index (χ2n) is 5.98. The summed E-state index contributed by atoms with van der Waals surface area (Å²) >= 11 is 0. The van der Waals surface area contributed by atoms with Gasteiger partial charge >= 0.3 is 0 Å². The van der Waals surface area contributed by atoms with E-state index in [0.717, 1.165) is 24.6 Å². The van der Waals surface area contributed by atoms with Crippen LogP contribution in [-0.4, -0.2) is 40.3 Å². The molecule has 4 rings (SSSR count). The molecule has 1 saturated heterocycles. The van der Waals surface area contributed by atoms with Crippen molar-refractivity contribution in [2.75, 3.05) is 13.1 Å². The normalized spacial score (nSPS) is 29.5. The number of hydrogen-bond acceptors (Lipinski definition) is 6. The summed E-state index contributed by atoms with van der Waals surface area (Å²) in [6.07, 6.45) is 9.60. The Morgan fingerprint density at radius 1 is 1.38 bits per heavy atom. The topological polar surface area (TPSA) is 60.3 Å². The van der Waals surface area contributed by atoms with Gasteiger partial charge in [0.15, 0.2) is 11.3 Å². The van der Waals surface area contributed by atoms with Crippen LogP contribution in [0, 0.1) is 0 Å². The largest absolute Gasteiger partial charge is 0.351 e. The minimum Gasteiger partial charge on any atom is -0.351 e. The van der Waals surface area contributed by atoms with Gasteiger partial charge in [-0.25, -0.2) is 0 Å². The summed E-state index contributed by atoms with van der Waals surface area (Å²) in [4.78, 5) is 16.5. The molecule has 0 aromatic carbocycles. The number of nitrogens with zero attached hydrogens (tertiary/aromatic N) is 4. The monoisotopic (exact) mass is 283 g/mol. The first-order chi connectivity index (χ1) is 10.1. The van der Waals surface area contributed by atoms with Crippen LogP contribution in [0.3, 0.4) is 0 Å². The molecule has 6 nitrogen and oxygen atoms in total. The second-order valence-corrected chi connectivity index (χ2v) is 5.98. The zero-order valence-electron chi connectivity index (χ0n) is 12.1. The van der Waals surface area contributed by atoms with Crippen molar-refractivity contribution in [1.82, 2.24) is 15.2 Å². The zero-order valence-corrected chi connectivity index (χ0v) is 12.1. The number of nitrogens with one attached hydrogen (secondary N) is 1. The van der Waals surface area contributed by atoms with Crippen molar-refractivity contribution in [2.24, 2.45) is 10.3 Å². The molecular formula is C15H17N5O. The molecular weight excluding hydrogens is 266 g/mol. The van der Waals surface area contributed by atoms with Crippen LogP contribution in [0.5, 0.6) is 0 Å². The predicted molar refractivity (Wildman–Crippen MR) is 77.7 cm³/mol. The van der Waals surface area contributed by atoms with E-state index in [1.165, 1.54) is 0 Å². The van der Waals surface area contributed by atoms with Crippen LogP contribution in [0.4, 0.5) is 0 Å². The molecule has 1 unspecified atom stereocenters. The van der Waals surface area contributed by atoms with Gasteiger partial charge in [0.2, 0.25) is 0 Å². The minimum absolute atomic E-state index is 0.0238. The van der Waals surface area contributed by atoms with Crippen molar-refractivity contribution in [3.63, 3.8) is 0 Å². The molecule has 3 heterocycles. The van der Waals surface area contributed by atoms with Gasteiger partial charge in [-0.2, -0.15) is 0 Å². The molecule has 1 N–H and O–H groups in total. The number of allylic oxidation sites excluding steroid dienone is 4. The molecule has 21 heavy (non-hydrogen) atoms. The van der Waals surface area contributed by atoms with E-state index in [0.29, 0.717) is 5.70 Å². The first-order valence-corrected chi connectivity index (χ1v) is 7.19. The summed E-state index contributed by atoms with van der Waals surface area (Å²) in [6.45, 7) is 5.84. The molecule has 1 fully saturated rings. The van der Waals surface area contributed by atoms with Gasteiger partial charge in [-0.3, -0.25) is 10.2 Å². The summed E-state index contributed by atoms with van der Waals surface area (Å²) in [6, 6.07) is 0.239. The van der Waals surface area contributed by atoms with E-state index in [1.54, 1.807) is 12.2 Å². The Morgan fingerprint density at radius 3 is 3.05 bits per heavy atom. The van der Waals surface area contributed by atoms with Crippen LogP contribution in [0.2, 0.25) is 0 Å². The first-order valence-electron chi connectivity index (χ1n) is 7.19. The molecule has 0 aromatic heterocycles. The van der Waals surface area contributed by atoms with Crippen LogP contribution in [0.15, 0.2) is 57.9 Å². The van der Waals surface area contributed by atoms with Gasteiger partial charge in [-0.1, -0.05) is 17.4 Å². The van der Waals surface area contributed by atoms with Crippen molar-refractivity contribution in [1.29, 1.82) is 0 Å². The van der Waals surface area contributed by atoms with E-state index < -0.39 is 5.54 Å². The summed E-state index contributed by atoms with van der Waals surface area (Å²) in [5.74, 6) is 1.11. The lowest BCUT2D eigenvalue weighted by atomic mass is 9.82. The van der Waals surface area contributed by atoms with Crippen LogP contribution in [0.25, 0.3) is 0 Å². The molecule has 1 atom stereocenters. The first kappa shape index (κ1) is 12.4. The highest BCUT2D eigenvalue weighted by molar-refractivity contribution is 6.02. The van der Waals surface area contributed by atoms with Crippen molar-refractivity contribution in [2.45, 2.75) is 25.4 Å². The zero-order chi connectivity index (χ0) is 14.6. The number of hydrogen-bond donors (Lipinski definition) is 1. The molecule has 0 amide bonds. The van der Waals surface area contributed by atoms with Crippen molar-refractivity contribution >= 4 is 5.78 Å². The van der Waals surface area contributed by atoms with Gasteiger partial charge in [0, 0.05) is 24.7 Å². The molecule has 0 bridgehead atoms. The highest BCUT2D eigenvalue weighted by atomic mass is 16.1. The number of fused-ring (bicyclic) bond motifs is 1. The van der Waals surface area contributed by atoms with Gasteiger partial charge < -0.3 is 9.80 Å². The van der Waals surface area contributed by atoms with E-state index >= 15 is 0 Å². The molecule has 0 aromatic rings. The smallest absolute Gasteiger partial charge is 0.182 e. The third-order valence-corrected chi connectivity index (χ3v) is 4.31. The molecule has 1 aliphatic carbocycles. The van der Waals surface area contributed by atoms with E-state index in [1.807, 2.05) is 0 Å². The molecule has 0 saturated carbocycles. The minimum atomic E-state index is -0.499. The fourth-order valence-electron chi connectivity index (χ4n) is 3.43. The Labute approximate surface area is 123 Å². The average molecular weight is 283 g/mol. The highest BCUT2D eigenvalue weighted by Crippen LogP contribution is 2.44. The second kappa shape index (κ2) is 4.07. The van der Waals surface area contributed by atoms with Gasteiger partial charge in [0.05, 0.1) is 12.2 Å². The third kappa shape index (κ3) is 1.55. The Bertz CT molecular complexity index is 670. The van der Waals surface area contributed by atoms with Crippen LogP contribution in [0.1, 0.15) is 13.8 Å². The Hall–Kier alpha value is -2.37. The van der Waals surface area contributed by atoms with Gasteiger partial charge in [-0.05, 0) is 19.9 Å². The van der Waals surface area contributed by atoms with Gasteiger partial charge in [-0.15, -0.1) is 5.11 Å². The fourth-order valence-corrected chi connectivity index (χ4v) is 3.43. The van der Waals surface area contributed by atoms with Crippen molar-refractivity contribution < 1.29 is 4.79 Å². The Kier molecular flexibility index (Phi) is 2.40. The lowest BCUT2D eigenvalue weighted by molar-refractivity contribution is -0.110. The molecule has 3 aliphatic heterocycles. The Morgan fingerprint density at radius 2 is 2.24 bits per heavy atom. The number of carbonyl (C=O) groups excluding carboxylic acids is 1. The van der Waals surface area contributed by atoms with Gasteiger partial charge in [0.25, 0.3) is 0 Å². The van der Waals surface area contributed by atoms with Crippen LogP contribution < -0.4 is 5.43 Å². The third-order valence-electron chi connectivity index (χ3n) is 4.31. The van der Waals surface area contributed by atoms with E-state index in [-0.39, 0.29) is 11.8 Å². The predicted octanol–water partition coefficient (Wildman–Crippen LogP) is 1.48. The quantitative estimate of drug-likeness (QED) is 0.792.